The van der Waals surface area contributed by atoms with E-state index in [0.29, 0.717) is 60.2 Å². The highest BCUT2D eigenvalue weighted by Crippen LogP contribution is 2.44. The van der Waals surface area contributed by atoms with Crippen LogP contribution >= 0.6 is 0 Å². The molecule has 1 saturated heterocycles. The lowest BCUT2D eigenvalue weighted by molar-refractivity contribution is -0.0498. The first-order chi connectivity index (χ1) is 14.9. The van der Waals surface area contributed by atoms with Crippen LogP contribution in [0.5, 0.6) is 5.75 Å². The number of benzene rings is 1. The van der Waals surface area contributed by atoms with Gasteiger partial charge in [0.05, 0.1) is 30.8 Å². The minimum Gasteiger partial charge on any atom is -0.481 e. The van der Waals surface area contributed by atoms with Gasteiger partial charge in [-0.2, -0.15) is 5.10 Å². The molecule has 0 aliphatic carbocycles. The number of hydrogen-bond acceptors (Lipinski definition) is 6. The van der Waals surface area contributed by atoms with E-state index in [-0.39, 0.29) is 12.3 Å². The Bertz CT molecular complexity index is 1150. The fourth-order valence-corrected chi connectivity index (χ4v) is 3.98. The molecule has 1 aromatic carbocycles. The average molecular weight is 429 g/mol. The van der Waals surface area contributed by atoms with Crippen molar-refractivity contribution >= 4 is 22.9 Å². The topological polar surface area (TPSA) is 81.0 Å². The normalized spacial score (nSPS) is 20.7. The van der Waals surface area contributed by atoms with Gasteiger partial charge in [0, 0.05) is 43.5 Å². The van der Waals surface area contributed by atoms with E-state index in [2.05, 4.69) is 20.3 Å². The molecule has 0 radical (unpaired) electrons. The molecule has 1 fully saturated rings. The number of amides is 1. The van der Waals surface area contributed by atoms with Crippen molar-refractivity contribution in [1.82, 2.24) is 14.6 Å². The van der Waals surface area contributed by atoms with Crippen molar-refractivity contribution in [2.24, 2.45) is 0 Å². The van der Waals surface area contributed by atoms with Gasteiger partial charge in [0.2, 0.25) is 0 Å². The van der Waals surface area contributed by atoms with Crippen LogP contribution in [-0.2, 0) is 11.2 Å². The molecule has 10 heteroatoms. The van der Waals surface area contributed by atoms with Gasteiger partial charge < -0.3 is 19.7 Å². The van der Waals surface area contributed by atoms with Gasteiger partial charge in [-0.3, -0.25) is 4.79 Å². The number of nitrogens with one attached hydrogen (secondary N) is 1. The Morgan fingerprint density at radius 1 is 1.29 bits per heavy atom. The molecule has 1 amide bonds. The molecule has 3 aromatic rings. The summed E-state index contributed by atoms with van der Waals surface area (Å²) in [5.74, 6) is 0.0404. The number of rotatable bonds is 4. The number of ether oxygens (including phenoxy) is 2. The Kier molecular flexibility index (Phi) is 4.73. The second-order valence-electron chi connectivity index (χ2n) is 7.87. The lowest BCUT2D eigenvalue weighted by Gasteiger charge is -2.31. The maximum atomic E-state index is 13.6. The van der Waals surface area contributed by atoms with Crippen molar-refractivity contribution < 1.29 is 23.0 Å². The molecule has 4 heterocycles. The predicted octanol–water partition coefficient (Wildman–Crippen LogP) is 2.78. The van der Waals surface area contributed by atoms with Crippen molar-refractivity contribution in [3.63, 3.8) is 0 Å². The third kappa shape index (κ3) is 3.46. The number of anilines is 2. The summed E-state index contributed by atoms with van der Waals surface area (Å²) in [7, 11) is 0. The fraction of sp³-hybridized carbons (Fsp3) is 0.381. The maximum absolute atomic E-state index is 13.6. The average Bonchev–Trinajstić information content (AvgIpc) is 3.34. The molecule has 0 spiro atoms. The molecule has 5 rings (SSSR count). The summed E-state index contributed by atoms with van der Waals surface area (Å²) in [6, 6.07) is 5.18. The third-order valence-electron chi connectivity index (χ3n) is 5.65. The molecule has 0 bridgehead atoms. The second kappa shape index (κ2) is 7.45. The van der Waals surface area contributed by atoms with Crippen molar-refractivity contribution in [2.45, 2.75) is 25.4 Å². The van der Waals surface area contributed by atoms with Crippen molar-refractivity contribution in [3.8, 4) is 5.75 Å². The highest BCUT2D eigenvalue weighted by atomic mass is 19.3. The number of fused-ring (bicyclic) bond motifs is 2. The van der Waals surface area contributed by atoms with Gasteiger partial charge in [-0.15, -0.1) is 0 Å². The monoisotopic (exact) mass is 429 g/mol. The van der Waals surface area contributed by atoms with E-state index >= 15 is 0 Å². The van der Waals surface area contributed by atoms with E-state index < -0.39 is 12.0 Å². The standard InChI is InChI=1S/C21H21F2N5O3/c1-21(20(22)23)11-13-9-15(16(10-17(13)31-21)27-5-7-30-8-6-27)26-19(29)14-12-25-28-4-2-3-24-18(14)28/h2-4,9-10,12,20H,5-8,11H2,1H3,(H,26,29)/t21-/m0/s1. The number of aromatic nitrogens is 3. The molecule has 2 aliphatic heterocycles. The minimum atomic E-state index is -2.63. The Balaban J connectivity index is 1.52. The minimum absolute atomic E-state index is 0.0601. The largest absolute Gasteiger partial charge is 0.481 e. The van der Waals surface area contributed by atoms with Gasteiger partial charge in [0.1, 0.15) is 11.3 Å². The number of carbonyl (C=O) groups excluding carboxylic acids is 1. The van der Waals surface area contributed by atoms with Gasteiger partial charge in [-0.25, -0.2) is 18.3 Å². The number of morpholine rings is 1. The Morgan fingerprint density at radius 3 is 2.87 bits per heavy atom. The van der Waals surface area contributed by atoms with E-state index in [0.717, 1.165) is 0 Å². The summed E-state index contributed by atoms with van der Waals surface area (Å²) in [4.78, 5) is 19.3. The van der Waals surface area contributed by atoms with E-state index in [1.807, 2.05) is 0 Å². The van der Waals surface area contributed by atoms with Crippen LogP contribution in [0.2, 0.25) is 0 Å². The number of halogens is 2. The zero-order valence-electron chi connectivity index (χ0n) is 16.8. The number of hydrogen-bond donors (Lipinski definition) is 1. The maximum Gasteiger partial charge on any atom is 0.277 e. The Labute approximate surface area is 176 Å². The number of nitrogens with zero attached hydrogens (tertiary/aromatic N) is 4. The molecule has 162 valence electrons. The summed E-state index contributed by atoms with van der Waals surface area (Å²) in [6.07, 6.45) is 2.18. The van der Waals surface area contributed by atoms with Crippen LogP contribution in [0.3, 0.4) is 0 Å². The summed E-state index contributed by atoms with van der Waals surface area (Å²) < 4.78 is 39.7. The van der Waals surface area contributed by atoms with Gasteiger partial charge >= 0.3 is 0 Å². The van der Waals surface area contributed by atoms with E-state index in [1.54, 1.807) is 30.6 Å². The molecule has 0 unspecified atom stereocenters. The van der Waals surface area contributed by atoms with Crippen LogP contribution in [0.15, 0.2) is 36.8 Å². The van der Waals surface area contributed by atoms with Gasteiger partial charge in [0.15, 0.2) is 11.2 Å². The second-order valence-corrected chi connectivity index (χ2v) is 7.87. The van der Waals surface area contributed by atoms with Crippen LogP contribution < -0.4 is 15.0 Å². The smallest absolute Gasteiger partial charge is 0.277 e. The quantitative estimate of drug-likeness (QED) is 0.687. The van der Waals surface area contributed by atoms with Gasteiger partial charge in [-0.05, 0) is 19.1 Å². The van der Waals surface area contributed by atoms with Gasteiger partial charge in [0.25, 0.3) is 12.3 Å². The SMILES string of the molecule is C[C@@]1(C(F)F)Cc2cc(NC(=O)c3cnn4cccnc34)c(N3CCOCC3)cc2O1. The molecule has 2 aromatic heterocycles. The Hall–Kier alpha value is -3.27. The molecule has 31 heavy (non-hydrogen) atoms. The van der Waals surface area contributed by atoms with Gasteiger partial charge in [-0.1, -0.05) is 0 Å². The summed E-state index contributed by atoms with van der Waals surface area (Å²) in [6.45, 7) is 3.71. The molecule has 8 nitrogen and oxygen atoms in total. The van der Waals surface area contributed by atoms with E-state index in [4.69, 9.17) is 9.47 Å². The first-order valence-corrected chi connectivity index (χ1v) is 10.0. The molecule has 0 saturated carbocycles. The van der Waals surface area contributed by atoms with Crippen LogP contribution in [-0.4, -0.2) is 58.8 Å². The number of alkyl halides is 2. The van der Waals surface area contributed by atoms with Crippen LogP contribution in [0, 0.1) is 0 Å². The zero-order chi connectivity index (χ0) is 21.6. The highest BCUT2D eigenvalue weighted by molar-refractivity contribution is 6.09. The first-order valence-electron chi connectivity index (χ1n) is 10.0. The molecular formula is C21H21F2N5O3. The summed E-state index contributed by atoms with van der Waals surface area (Å²) in [5.41, 5.74) is 1.04. The summed E-state index contributed by atoms with van der Waals surface area (Å²) in [5, 5.41) is 7.08. The predicted molar refractivity (Wildman–Crippen MR) is 109 cm³/mol. The van der Waals surface area contributed by atoms with Crippen LogP contribution in [0.1, 0.15) is 22.8 Å². The molecule has 1 atom stereocenters. The zero-order valence-corrected chi connectivity index (χ0v) is 16.8. The molecule has 2 aliphatic rings. The van der Waals surface area contributed by atoms with Crippen molar-refractivity contribution in [1.29, 1.82) is 0 Å². The number of carbonyl (C=O) groups is 1. The Morgan fingerprint density at radius 2 is 2.10 bits per heavy atom. The van der Waals surface area contributed by atoms with Crippen molar-refractivity contribution in [3.05, 3.63) is 47.9 Å². The van der Waals surface area contributed by atoms with E-state index in [1.165, 1.54) is 17.6 Å². The highest BCUT2D eigenvalue weighted by Gasteiger charge is 2.44. The molecular weight excluding hydrogens is 408 g/mol. The lowest BCUT2D eigenvalue weighted by atomic mass is 9.99. The summed E-state index contributed by atoms with van der Waals surface area (Å²) >= 11 is 0. The third-order valence-corrected chi connectivity index (χ3v) is 5.65. The van der Waals surface area contributed by atoms with E-state index in [9.17, 15) is 13.6 Å². The lowest BCUT2D eigenvalue weighted by Crippen LogP contribution is -2.38. The van der Waals surface area contributed by atoms with Crippen LogP contribution in [0.25, 0.3) is 5.65 Å². The first kappa shape index (κ1) is 19.7. The van der Waals surface area contributed by atoms with Crippen LogP contribution in [0.4, 0.5) is 20.2 Å². The van der Waals surface area contributed by atoms with Crippen molar-refractivity contribution in [2.75, 3.05) is 36.5 Å². The molecule has 1 N–H and O–H groups in total. The fourth-order valence-electron chi connectivity index (χ4n) is 3.98.